The summed E-state index contributed by atoms with van der Waals surface area (Å²) in [6, 6.07) is 11.1. The summed E-state index contributed by atoms with van der Waals surface area (Å²) in [5.41, 5.74) is 3.88. The van der Waals surface area contributed by atoms with Crippen molar-refractivity contribution >= 4 is 22.5 Å². The van der Waals surface area contributed by atoms with Crippen molar-refractivity contribution in [2.24, 2.45) is 7.05 Å². The van der Waals surface area contributed by atoms with Crippen molar-refractivity contribution in [1.82, 2.24) is 24.6 Å². The van der Waals surface area contributed by atoms with E-state index < -0.39 is 12.7 Å². The number of aryl methyl sites for hydroxylation is 1. The Bertz CT molecular complexity index is 1440. The number of rotatable bonds is 6. The van der Waals surface area contributed by atoms with Crippen LogP contribution in [0.25, 0.3) is 22.0 Å². The fourth-order valence-corrected chi connectivity index (χ4v) is 4.27. The minimum absolute atomic E-state index is 0.215. The molecule has 0 radical (unpaired) electrons. The van der Waals surface area contributed by atoms with Crippen LogP contribution < -0.4 is 10.1 Å². The average molecular weight is 493 g/mol. The highest BCUT2D eigenvalue weighted by Crippen LogP contribution is 2.32. The van der Waals surface area contributed by atoms with Crippen molar-refractivity contribution in [3.63, 3.8) is 0 Å². The van der Waals surface area contributed by atoms with Crippen LogP contribution in [0.1, 0.15) is 12.0 Å². The lowest BCUT2D eigenvalue weighted by Gasteiger charge is -2.19. The zero-order valence-corrected chi connectivity index (χ0v) is 19.5. The van der Waals surface area contributed by atoms with E-state index in [9.17, 15) is 13.2 Å². The molecule has 2 aromatic carbocycles. The predicted molar refractivity (Wildman–Crippen MR) is 131 cm³/mol. The zero-order valence-electron chi connectivity index (χ0n) is 19.5. The number of nitrogens with zero attached hydrogens (tertiary/aromatic N) is 5. The molecule has 1 fully saturated rings. The maximum absolute atomic E-state index is 12.8. The molecule has 1 aliphatic heterocycles. The van der Waals surface area contributed by atoms with Crippen molar-refractivity contribution in [1.29, 1.82) is 0 Å². The molecule has 0 bridgehead atoms. The molecule has 0 amide bonds. The fraction of sp³-hybridized carbons (Fsp3) is 0.269. The number of nitrogens with one attached hydrogen (secondary N) is 1. The molecule has 4 aromatic rings. The second-order valence-electron chi connectivity index (χ2n) is 8.76. The lowest BCUT2D eigenvalue weighted by molar-refractivity contribution is -0.144. The van der Waals surface area contributed by atoms with Gasteiger partial charge in [0.25, 0.3) is 0 Å². The normalized spacial score (nSPS) is 16.2. The fourth-order valence-electron chi connectivity index (χ4n) is 4.27. The van der Waals surface area contributed by atoms with Gasteiger partial charge in [0.2, 0.25) is 5.95 Å². The van der Waals surface area contributed by atoms with Crippen molar-refractivity contribution < 1.29 is 17.9 Å². The summed E-state index contributed by atoms with van der Waals surface area (Å²) in [5, 5.41) is 8.28. The van der Waals surface area contributed by atoms with Gasteiger partial charge in [-0.15, -0.1) is 6.42 Å². The van der Waals surface area contributed by atoms with E-state index in [4.69, 9.17) is 11.2 Å². The van der Waals surface area contributed by atoms with E-state index in [0.29, 0.717) is 30.4 Å². The molecular formula is C26H23F3N6O. The Balaban J connectivity index is 1.40. The first kappa shape index (κ1) is 23.6. The Morgan fingerprint density at radius 1 is 1.17 bits per heavy atom. The topological polar surface area (TPSA) is 68.1 Å². The van der Waals surface area contributed by atoms with E-state index in [2.05, 4.69) is 26.3 Å². The van der Waals surface area contributed by atoms with Gasteiger partial charge in [-0.3, -0.25) is 9.58 Å². The zero-order chi connectivity index (χ0) is 25.3. The number of aromatic nitrogens is 4. The molecular weight excluding hydrogens is 469 g/mol. The minimum Gasteiger partial charge on any atom is -0.489 e. The van der Waals surface area contributed by atoms with E-state index in [0.717, 1.165) is 27.6 Å². The van der Waals surface area contributed by atoms with E-state index in [-0.39, 0.29) is 12.6 Å². The maximum Gasteiger partial charge on any atom is 0.401 e. The number of terminal acetylenes is 1. The van der Waals surface area contributed by atoms with E-state index >= 15 is 0 Å². The second kappa shape index (κ2) is 9.51. The molecule has 0 unspecified atom stereocenters. The molecule has 0 saturated carbocycles. The third-order valence-corrected chi connectivity index (χ3v) is 5.88. The van der Waals surface area contributed by atoms with Crippen LogP contribution in [-0.2, 0) is 7.05 Å². The highest BCUT2D eigenvalue weighted by molar-refractivity contribution is 5.81. The summed E-state index contributed by atoms with van der Waals surface area (Å²) >= 11 is 0. The molecule has 0 aliphatic carbocycles. The Morgan fingerprint density at radius 3 is 2.78 bits per heavy atom. The van der Waals surface area contributed by atoms with Gasteiger partial charge in [-0.25, -0.2) is 9.97 Å². The average Bonchev–Trinajstić information content (AvgIpc) is 3.46. The maximum atomic E-state index is 12.8. The summed E-state index contributed by atoms with van der Waals surface area (Å²) in [7, 11) is 1.82. The van der Waals surface area contributed by atoms with Gasteiger partial charge >= 0.3 is 6.18 Å². The monoisotopic (exact) mass is 492 g/mol. The number of hydrogen-bond acceptors (Lipinski definition) is 6. The van der Waals surface area contributed by atoms with Gasteiger partial charge in [0, 0.05) is 60.8 Å². The molecule has 10 heteroatoms. The van der Waals surface area contributed by atoms with Gasteiger partial charge < -0.3 is 10.1 Å². The van der Waals surface area contributed by atoms with Crippen LogP contribution in [-0.4, -0.2) is 56.6 Å². The van der Waals surface area contributed by atoms with Gasteiger partial charge in [0.05, 0.1) is 18.3 Å². The summed E-state index contributed by atoms with van der Waals surface area (Å²) in [4.78, 5) is 10.3. The largest absolute Gasteiger partial charge is 0.489 e. The van der Waals surface area contributed by atoms with Gasteiger partial charge in [-0.05, 0) is 42.3 Å². The first-order valence-corrected chi connectivity index (χ1v) is 11.3. The van der Waals surface area contributed by atoms with Crippen LogP contribution in [0.15, 0.2) is 55.0 Å². The van der Waals surface area contributed by atoms with E-state index in [1.807, 2.05) is 43.6 Å². The standard InChI is InChI=1S/C26H23F3N6O/c1-3-17-4-5-24-19(8-17)12-30-25(33-24)32-21-9-18(20-13-31-34(2)14-20)10-23(11-21)36-22-6-7-35(15-22)16-26(27,28)29/h1,4-5,8-14,22H,6-7,15-16H2,2H3,(H,30,32,33)/t22-/m0/s1. The lowest BCUT2D eigenvalue weighted by atomic mass is 10.1. The lowest BCUT2D eigenvalue weighted by Crippen LogP contribution is -2.33. The first-order chi connectivity index (χ1) is 17.2. The molecule has 184 valence electrons. The van der Waals surface area contributed by atoms with Gasteiger partial charge in [-0.1, -0.05) is 5.92 Å². The molecule has 1 saturated heterocycles. The number of hydrogen-bond donors (Lipinski definition) is 1. The molecule has 1 atom stereocenters. The number of likely N-dealkylation sites (tertiary alicyclic amines) is 1. The highest BCUT2D eigenvalue weighted by Gasteiger charge is 2.35. The third kappa shape index (κ3) is 5.58. The molecule has 36 heavy (non-hydrogen) atoms. The predicted octanol–water partition coefficient (Wildman–Crippen LogP) is 4.77. The van der Waals surface area contributed by atoms with Crippen LogP contribution >= 0.6 is 0 Å². The van der Waals surface area contributed by atoms with E-state index in [1.165, 1.54) is 4.90 Å². The SMILES string of the molecule is C#Cc1ccc2nc(Nc3cc(O[C@H]4CCN(CC(F)(F)F)C4)cc(-c4cnn(C)c4)c3)ncc2c1. The Morgan fingerprint density at radius 2 is 2.03 bits per heavy atom. The summed E-state index contributed by atoms with van der Waals surface area (Å²) < 4.78 is 46.2. The van der Waals surface area contributed by atoms with Crippen LogP contribution in [0.5, 0.6) is 5.75 Å². The number of halogens is 3. The number of alkyl halides is 3. The molecule has 2 aromatic heterocycles. The van der Waals surface area contributed by atoms with E-state index in [1.54, 1.807) is 23.1 Å². The molecule has 1 aliphatic rings. The van der Waals surface area contributed by atoms with Crippen molar-refractivity contribution in [3.8, 4) is 29.2 Å². The molecule has 1 N–H and O–H groups in total. The van der Waals surface area contributed by atoms with Crippen LogP contribution in [0, 0.1) is 12.3 Å². The minimum atomic E-state index is -4.23. The first-order valence-electron chi connectivity index (χ1n) is 11.3. The summed E-state index contributed by atoms with van der Waals surface area (Å²) in [6.45, 7) is -0.381. The Labute approximate surface area is 205 Å². The highest BCUT2D eigenvalue weighted by atomic mass is 19.4. The van der Waals surface area contributed by atoms with Crippen molar-refractivity contribution in [2.45, 2.75) is 18.7 Å². The van der Waals surface area contributed by atoms with Crippen LogP contribution in [0.4, 0.5) is 24.8 Å². The molecule has 3 heterocycles. The number of anilines is 2. The molecule has 0 spiro atoms. The Hall–Kier alpha value is -4.10. The quantitative estimate of drug-likeness (QED) is 0.391. The van der Waals surface area contributed by atoms with Gasteiger partial charge in [-0.2, -0.15) is 18.3 Å². The second-order valence-corrected chi connectivity index (χ2v) is 8.76. The number of fused-ring (bicyclic) bond motifs is 1. The van der Waals surface area contributed by atoms with Gasteiger partial charge in [0.15, 0.2) is 0 Å². The summed E-state index contributed by atoms with van der Waals surface area (Å²) in [5.74, 6) is 3.53. The molecule has 7 nitrogen and oxygen atoms in total. The number of benzene rings is 2. The summed E-state index contributed by atoms with van der Waals surface area (Å²) in [6.07, 6.45) is 6.72. The Kier molecular flexibility index (Phi) is 6.24. The smallest absolute Gasteiger partial charge is 0.401 e. The number of ether oxygens (including phenoxy) is 1. The van der Waals surface area contributed by atoms with Crippen LogP contribution in [0.3, 0.4) is 0 Å². The van der Waals surface area contributed by atoms with Gasteiger partial charge in [0.1, 0.15) is 11.9 Å². The van der Waals surface area contributed by atoms with Crippen LogP contribution in [0.2, 0.25) is 0 Å². The van der Waals surface area contributed by atoms with Crippen molar-refractivity contribution in [2.75, 3.05) is 25.0 Å². The molecule has 5 rings (SSSR count). The van der Waals surface area contributed by atoms with Crippen molar-refractivity contribution in [3.05, 3.63) is 60.6 Å². The third-order valence-electron chi connectivity index (χ3n) is 5.88.